The van der Waals surface area contributed by atoms with Gasteiger partial charge in [0.15, 0.2) is 0 Å². The van der Waals surface area contributed by atoms with E-state index in [1.54, 1.807) is 49.7 Å². The quantitative estimate of drug-likeness (QED) is 0.137. The Balaban J connectivity index is 2.43. The zero-order valence-corrected chi connectivity index (χ0v) is 25.9. The molecule has 0 saturated heterocycles. The Hall–Kier alpha value is -3.62. The number of alkyl carbamates (subject to hydrolysis) is 1. The van der Waals surface area contributed by atoms with Crippen LogP contribution < -0.4 is 16.4 Å². The smallest absolute Gasteiger partial charge is 0.411 e. The van der Waals surface area contributed by atoms with Gasteiger partial charge in [-0.1, -0.05) is 19.6 Å². The highest BCUT2D eigenvalue weighted by molar-refractivity contribution is 6.76. The molecule has 0 aliphatic rings. The predicted molar refractivity (Wildman–Crippen MR) is 157 cm³/mol. The number of carbonyl (C=O) groups is 3. The van der Waals surface area contributed by atoms with Crippen molar-refractivity contribution in [1.29, 1.82) is 0 Å². The summed E-state index contributed by atoms with van der Waals surface area (Å²) in [5.74, 6) is -0.591. The molecule has 0 bridgehead atoms. The summed E-state index contributed by atoms with van der Waals surface area (Å²) in [6.07, 6.45) is 0.251. The van der Waals surface area contributed by atoms with Crippen molar-refractivity contribution in [1.82, 2.24) is 14.9 Å². The Labute approximate surface area is 241 Å². The van der Waals surface area contributed by atoms with E-state index >= 15 is 0 Å². The molecule has 0 unspecified atom stereocenters. The number of nitrogen functional groups attached to an aromatic ring is 1. The highest BCUT2D eigenvalue weighted by Gasteiger charge is 2.26. The number of anilines is 2. The molecule has 14 heteroatoms. The van der Waals surface area contributed by atoms with Crippen LogP contribution in [-0.4, -0.2) is 73.4 Å². The maximum atomic E-state index is 12.7. The molecular formula is C27H43N5O8Si. The van der Waals surface area contributed by atoms with Gasteiger partial charge in [-0.25, -0.2) is 14.6 Å². The van der Waals surface area contributed by atoms with Gasteiger partial charge in [0.25, 0.3) is 0 Å². The molecule has 5 N–H and O–H groups in total. The maximum Gasteiger partial charge on any atom is 0.411 e. The van der Waals surface area contributed by atoms with Gasteiger partial charge in [-0.15, -0.1) is 0 Å². The lowest BCUT2D eigenvalue weighted by Gasteiger charge is -2.24. The average molecular weight is 594 g/mol. The standard InChI is InChI=1S/C27H43N5O8Si/c1-27(2,3)40-26(36)31-22(16-38-11-10-23(33)34)24-30-21(15-32(24)17-39-12-13-41(5,6)7)19-9-8-18(14-20(19)28)29-25(35)37-4/h8-9,14-15,22H,10-13,16-17,28H2,1-7H3,(H,29,35)(H,31,36)(H,33,34)/t22-/m0/s1. The number of nitrogens with one attached hydrogen (secondary N) is 2. The van der Waals surface area contributed by atoms with Crippen molar-refractivity contribution in [2.24, 2.45) is 0 Å². The SMILES string of the molecule is COC(=O)Nc1ccc(-c2cn(COCC[Si](C)(C)C)c([C@H](COCCC(=O)O)NC(=O)OC(C)(C)C)n2)c(N)c1. The number of carbonyl (C=O) groups excluding carboxylic acids is 2. The number of ether oxygens (including phenoxy) is 4. The van der Waals surface area contributed by atoms with Crippen LogP contribution in [0, 0.1) is 0 Å². The zero-order chi connectivity index (χ0) is 30.8. The zero-order valence-electron chi connectivity index (χ0n) is 24.9. The molecule has 1 heterocycles. The topological polar surface area (TPSA) is 176 Å². The molecule has 0 spiro atoms. The third kappa shape index (κ3) is 12.2. The van der Waals surface area contributed by atoms with Crippen molar-refractivity contribution < 1.29 is 38.4 Å². The number of benzene rings is 1. The fraction of sp³-hybridized carbons (Fsp3) is 0.556. The summed E-state index contributed by atoms with van der Waals surface area (Å²) in [7, 11) is -0.0644. The van der Waals surface area contributed by atoms with Gasteiger partial charge in [0.1, 0.15) is 24.2 Å². The molecular weight excluding hydrogens is 550 g/mol. The Morgan fingerprint density at radius 1 is 1.12 bits per heavy atom. The molecule has 2 aromatic rings. The number of nitrogens with zero attached hydrogens (tertiary/aromatic N) is 2. The Morgan fingerprint density at radius 3 is 2.41 bits per heavy atom. The third-order valence-electron chi connectivity index (χ3n) is 5.54. The number of aromatic nitrogens is 2. The normalized spacial score (nSPS) is 12.5. The molecule has 1 aromatic carbocycles. The number of rotatable bonds is 14. The van der Waals surface area contributed by atoms with Crippen LogP contribution in [0.3, 0.4) is 0 Å². The minimum absolute atomic E-state index is 0.0519. The first-order valence-corrected chi connectivity index (χ1v) is 17.0. The summed E-state index contributed by atoms with van der Waals surface area (Å²) in [6.45, 7) is 12.6. The second-order valence-electron chi connectivity index (χ2n) is 11.6. The van der Waals surface area contributed by atoms with Crippen molar-refractivity contribution in [3.63, 3.8) is 0 Å². The maximum absolute atomic E-state index is 12.7. The number of hydrogen-bond acceptors (Lipinski definition) is 9. The summed E-state index contributed by atoms with van der Waals surface area (Å²) in [5.41, 5.74) is 7.46. The fourth-order valence-corrected chi connectivity index (χ4v) is 4.27. The number of imidazole rings is 1. The molecule has 228 valence electrons. The van der Waals surface area contributed by atoms with Crippen LogP contribution in [0.1, 0.15) is 39.1 Å². The van der Waals surface area contributed by atoms with E-state index in [0.717, 1.165) is 6.04 Å². The van der Waals surface area contributed by atoms with Crippen molar-refractivity contribution in [2.75, 3.05) is 38.0 Å². The lowest BCUT2D eigenvalue weighted by molar-refractivity contribution is -0.138. The second-order valence-corrected chi connectivity index (χ2v) is 17.3. The van der Waals surface area contributed by atoms with Crippen molar-refractivity contribution in [3.05, 3.63) is 30.2 Å². The van der Waals surface area contributed by atoms with Crippen LogP contribution >= 0.6 is 0 Å². The van der Waals surface area contributed by atoms with Gasteiger partial charge in [-0.05, 0) is 45.0 Å². The van der Waals surface area contributed by atoms with E-state index in [0.29, 0.717) is 35.1 Å². The molecule has 0 aliphatic carbocycles. The first-order valence-electron chi connectivity index (χ1n) is 13.3. The number of amides is 2. The van der Waals surface area contributed by atoms with E-state index in [1.807, 2.05) is 0 Å². The molecule has 1 aromatic heterocycles. The minimum Gasteiger partial charge on any atom is -0.481 e. The summed E-state index contributed by atoms with van der Waals surface area (Å²) in [6, 6.07) is 5.12. The third-order valence-corrected chi connectivity index (χ3v) is 7.25. The Kier molecular flexibility index (Phi) is 12.2. The highest BCUT2D eigenvalue weighted by atomic mass is 28.3. The molecule has 41 heavy (non-hydrogen) atoms. The number of hydrogen-bond donors (Lipinski definition) is 4. The van der Waals surface area contributed by atoms with Crippen LogP contribution in [0.4, 0.5) is 21.0 Å². The number of carboxylic acids is 1. The van der Waals surface area contributed by atoms with Crippen LogP contribution in [0.2, 0.25) is 25.7 Å². The molecule has 2 rings (SSSR count). The summed E-state index contributed by atoms with van der Waals surface area (Å²) in [5, 5.41) is 14.3. The van der Waals surface area contributed by atoms with Gasteiger partial charge in [0.2, 0.25) is 0 Å². The molecule has 13 nitrogen and oxygen atoms in total. The van der Waals surface area contributed by atoms with Crippen molar-refractivity contribution in [3.8, 4) is 11.3 Å². The van der Waals surface area contributed by atoms with Gasteiger partial charge >= 0.3 is 18.2 Å². The molecule has 0 radical (unpaired) electrons. The lowest BCUT2D eigenvalue weighted by Crippen LogP contribution is -2.38. The van der Waals surface area contributed by atoms with E-state index in [4.69, 9.17) is 30.0 Å². The Morgan fingerprint density at radius 2 is 1.83 bits per heavy atom. The van der Waals surface area contributed by atoms with E-state index in [1.165, 1.54) is 7.11 Å². The van der Waals surface area contributed by atoms with Crippen LogP contribution in [-0.2, 0) is 30.5 Å². The molecule has 0 saturated carbocycles. The lowest BCUT2D eigenvalue weighted by atomic mass is 10.1. The van der Waals surface area contributed by atoms with Gasteiger partial charge in [-0.3, -0.25) is 10.1 Å². The molecule has 2 amide bonds. The highest BCUT2D eigenvalue weighted by Crippen LogP contribution is 2.30. The van der Waals surface area contributed by atoms with Gasteiger partial charge in [0.05, 0.1) is 32.4 Å². The number of nitrogens with two attached hydrogens (primary N) is 1. The van der Waals surface area contributed by atoms with Crippen LogP contribution in [0.25, 0.3) is 11.3 Å². The van der Waals surface area contributed by atoms with Crippen LogP contribution in [0.15, 0.2) is 24.4 Å². The number of aliphatic carboxylic acids is 1. The van der Waals surface area contributed by atoms with Crippen molar-refractivity contribution >= 4 is 37.6 Å². The second kappa shape index (κ2) is 14.8. The molecule has 0 aliphatic heterocycles. The van der Waals surface area contributed by atoms with Crippen LogP contribution in [0.5, 0.6) is 0 Å². The monoisotopic (exact) mass is 593 g/mol. The summed E-state index contributed by atoms with van der Waals surface area (Å²) < 4.78 is 23.4. The number of methoxy groups -OCH3 is 1. The molecule has 1 atom stereocenters. The van der Waals surface area contributed by atoms with E-state index in [2.05, 4.69) is 35.0 Å². The first kappa shape index (κ1) is 33.6. The van der Waals surface area contributed by atoms with E-state index in [9.17, 15) is 14.4 Å². The minimum atomic E-state index is -1.33. The van der Waals surface area contributed by atoms with E-state index < -0.39 is 37.9 Å². The first-order chi connectivity index (χ1) is 19.1. The van der Waals surface area contributed by atoms with Gasteiger partial charge < -0.3 is 39.7 Å². The largest absolute Gasteiger partial charge is 0.481 e. The molecule has 0 fully saturated rings. The predicted octanol–water partition coefficient (Wildman–Crippen LogP) is 4.68. The summed E-state index contributed by atoms with van der Waals surface area (Å²) in [4.78, 5) is 40.1. The average Bonchev–Trinajstić information content (AvgIpc) is 3.25. The summed E-state index contributed by atoms with van der Waals surface area (Å²) >= 11 is 0. The van der Waals surface area contributed by atoms with Gasteiger partial charge in [-0.2, -0.15) is 0 Å². The van der Waals surface area contributed by atoms with Gasteiger partial charge in [0, 0.05) is 37.8 Å². The number of carboxylic acid groups (broad SMARTS) is 1. The van der Waals surface area contributed by atoms with E-state index in [-0.39, 0.29) is 26.4 Å². The van der Waals surface area contributed by atoms with Crippen molar-refractivity contribution in [2.45, 2.75) is 71.3 Å². The Bertz CT molecular complexity index is 1190. The fourth-order valence-electron chi connectivity index (χ4n) is 3.52.